The summed E-state index contributed by atoms with van der Waals surface area (Å²) in [5.41, 5.74) is 5.99. The van der Waals surface area contributed by atoms with Crippen molar-refractivity contribution in [3.05, 3.63) is 68.2 Å². The molecule has 1 nitrogen and oxygen atoms in total. The second-order valence-electron chi connectivity index (χ2n) is 7.43. The van der Waals surface area contributed by atoms with Crippen molar-refractivity contribution in [1.82, 2.24) is 0 Å². The summed E-state index contributed by atoms with van der Waals surface area (Å²) in [7, 11) is 0. The Bertz CT molecular complexity index is 912. The van der Waals surface area contributed by atoms with Crippen molar-refractivity contribution in [2.45, 2.75) is 64.7 Å². The van der Waals surface area contributed by atoms with Crippen molar-refractivity contribution < 1.29 is 8.78 Å². The van der Waals surface area contributed by atoms with E-state index in [4.69, 9.17) is 11.6 Å². The number of hydrogen-bond donors (Lipinski definition) is 0. The number of halogens is 3. The molecule has 1 unspecified atom stereocenters. The van der Waals surface area contributed by atoms with Gasteiger partial charge in [-0.1, -0.05) is 50.9 Å². The first-order chi connectivity index (χ1) is 12.8. The minimum absolute atomic E-state index is 0.280. The first-order valence-electron chi connectivity index (χ1n) is 9.55. The molecule has 1 aliphatic carbocycles. The van der Waals surface area contributed by atoms with Crippen molar-refractivity contribution in [3.63, 3.8) is 0 Å². The van der Waals surface area contributed by atoms with Gasteiger partial charge in [0.15, 0.2) is 0 Å². The summed E-state index contributed by atoms with van der Waals surface area (Å²) < 4.78 is 28.7. The number of benzene rings is 2. The molecule has 0 aromatic heterocycles. The summed E-state index contributed by atoms with van der Waals surface area (Å²) in [6.45, 7) is 5.72. The lowest BCUT2D eigenvalue weighted by molar-refractivity contribution is -0.00987. The fraction of sp³-hybridized carbons (Fsp3) is 0.435. The van der Waals surface area contributed by atoms with Crippen molar-refractivity contribution in [2.24, 2.45) is 0 Å². The molecule has 3 rings (SSSR count). The van der Waals surface area contributed by atoms with Crippen LogP contribution in [0.25, 0.3) is 0 Å². The van der Waals surface area contributed by atoms with Crippen LogP contribution in [0.4, 0.5) is 8.78 Å². The summed E-state index contributed by atoms with van der Waals surface area (Å²) >= 11 is 6.26. The largest absolute Gasteiger partial charge is 0.258 e. The molecule has 0 amide bonds. The highest BCUT2D eigenvalue weighted by Gasteiger charge is 2.46. The van der Waals surface area contributed by atoms with Crippen LogP contribution in [0.1, 0.15) is 72.1 Å². The first-order valence-corrected chi connectivity index (χ1v) is 9.92. The number of nitrogens with zero attached hydrogens (tertiary/aromatic N) is 1. The van der Waals surface area contributed by atoms with E-state index in [-0.39, 0.29) is 6.42 Å². The second kappa shape index (κ2) is 7.60. The molecule has 0 heterocycles. The van der Waals surface area contributed by atoms with Gasteiger partial charge in [0.25, 0.3) is 5.92 Å². The zero-order valence-electron chi connectivity index (χ0n) is 16.0. The first kappa shape index (κ1) is 19.8. The van der Waals surface area contributed by atoms with Crippen molar-refractivity contribution in [3.8, 4) is 6.07 Å². The van der Waals surface area contributed by atoms with E-state index in [9.17, 15) is 14.0 Å². The number of hydrogen-bond acceptors (Lipinski definition) is 1. The molecule has 2 aromatic rings. The monoisotopic (exact) mass is 387 g/mol. The van der Waals surface area contributed by atoms with Crippen LogP contribution in [0.5, 0.6) is 0 Å². The Kier molecular flexibility index (Phi) is 5.58. The Morgan fingerprint density at radius 1 is 1.22 bits per heavy atom. The van der Waals surface area contributed by atoms with Gasteiger partial charge in [0, 0.05) is 17.4 Å². The average Bonchev–Trinajstić information content (AvgIpc) is 2.89. The molecule has 0 saturated carbocycles. The third kappa shape index (κ3) is 3.60. The van der Waals surface area contributed by atoms with Gasteiger partial charge >= 0.3 is 0 Å². The second-order valence-corrected chi connectivity index (χ2v) is 7.84. The van der Waals surface area contributed by atoms with E-state index in [1.807, 2.05) is 12.1 Å². The highest BCUT2D eigenvalue weighted by molar-refractivity contribution is 6.31. The SMILES string of the molecule is CCCc1cc(CC)cc(C#N)c1Cc1ccc(Cl)c2c1CC(F)(F)C2C. The smallest absolute Gasteiger partial charge is 0.206 e. The lowest BCUT2D eigenvalue weighted by atomic mass is 9.88. The number of alkyl halides is 2. The molecule has 0 bridgehead atoms. The number of aryl methyl sites for hydroxylation is 2. The average molecular weight is 388 g/mol. The summed E-state index contributed by atoms with van der Waals surface area (Å²) in [4.78, 5) is 0. The van der Waals surface area contributed by atoms with E-state index < -0.39 is 11.8 Å². The normalized spacial score (nSPS) is 17.6. The maximum absolute atomic E-state index is 14.4. The van der Waals surface area contributed by atoms with Gasteiger partial charge in [-0.05, 0) is 64.8 Å². The molecular weight excluding hydrogens is 364 g/mol. The van der Waals surface area contributed by atoms with Crippen LogP contribution >= 0.6 is 11.6 Å². The molecule has 1 aliphatic rings. The van der Waals surface area contributed by atoms with E-state index in [1.54, 1.807) is 13.0 Å². The van der Waals surface area contributed by atoms with E-state index in [1.165, 1.54) is 0 Å². The molecule has 142 valence electrons. The molecule has 0 spiro atoms. The van der Waals surface area contributed by atoms with Crippen molar-refractivity contribution in [1.29, 1.82) is 5.26 Å². The summed E-state index contributed by atoms with van der Waals surface area (Å²) in [6, 6.07) is 9.98. The van der Waals surface area contributed by atoms with Gasteiger partial charge in [-0.3, -0.25) is 0 Å². The summed E-state index contributed by atoms with van der Waals surface area (Å²) in [6.07, 6.45) is 2.92. The predicted octanol–water partition coefficient (Wildman–Crippen LogP) is 6.61. The topological polar surface area (TPSA) is 23.8 Å². The van der Waals surface area contributed by atoms with Crippen LogP contribution in [-0.2, 0) is 25.7 Å². The van der Waals surface area contributed by atoms with E-state index >= 15 is 0 Å². The van der Waals surface area contributed by atoms with E-state index in [2.05, 4.69) is 26.0 Å². The number of fused-ring (bicyclic) bond motifs is 1. The summed E-state index contributed by atoms with van der Waals surface area (Å²) in [5, 5.41) is 10.1. The van der Waals surface area contributed by atoms with Gasteiger partial charge in [0.2, 0.25) is 0 Å². The third-order valence-corrected chi connectivity index (χ3v) is 6.03. The number of nitriles is 1. The molecule has 0 radical (unpaired) electrons. The minimum atomic E-state index is -2.78. The molecule has 0 fully saturated rings. The van der Waals surface area contributed by atoms with Crippen LogP contribution in [0.3, 0.4) is 0 Å². The molecule has 2 aromatic carbocycles. The lowest BCUT2D eigenvalue weighted by Gasteiger charge is -2.16. The minimum Gasteiger partial charge on any atom is -0.206 e. The van der Waals surface area contributed by atoms with E-state index in [0.29, 0.717) is 28.1 Å². The van der Waals surface area contributed by atoms with Gasteiger partial charge in [-0.25, -0.2) is 8.78 Å². The predicted molar refractivity (Wildman–Crippen MR) is 106 cm³/mol. The van der Waals surface area contributed by atoms with Crippen LogP contribution < -0.4 is 0 Å². The lowest BCUT2D eigenvalue weighted by Crippen LogP contribution is -2.19. The van der Waals surface area contributed by atoms with Crippen molar-refractivity contribution >= 4 is 11.6 Å². The standard InChI is InChI=1S/C23H24ClF2N/c1-4-6-16-9-15(5-2)10-18(13-27)19(16)11-17-7-8-21(24)22-14(3)23(25,26)12-20(17)22/h7-10,14H,4-6,11-12H2,1-3H3. The molecule has 0 N–H and O–H groups in total. The maximum Gasteiger partial charge on any atom is 0.258 e. The number of rotatable bonds is 5. The van der Waals surface area contributed by atoms with Crippen LogP contribution in [0.2, 0.25) is 5.02 Å². The zero-order valence-corrected chi connectivity index (χ0v) is 16.8. The van der Waals surface area contributed by atoms with Crippen LogP contribution in [0, 0.1) is 11.3 Å². The van der Waals surface area contributed by atoms with Crippen LogP contribution in [-0.4, -0.2) is 5.92 Å². The molecule has 0 aliphatic heterocycles. The van der Waals surface area contributed by atoms with Gasteiger partial charge in [-0.15, -0.1) is 0 Å². The summed E-state index contributed by atoms with van der Waals surface area (Å²) in [5.74, 6) is -3.66. The Labute approximate surface area is 165 Å². The van der Waals surface area contributed by atoms with E-state index in [0.717, 1.165) is 41.5 Å². The van der Waals surface area contributed by atoms with Crippen molar-refractivity contribution in [2.75, 3.05) is 0 Å². The van der Waals surface area contributed by atoms with Gasteiger partial charge in [0.1, 0.15) is 0 Å². The molecule has 4 heteroatoms. The molecule has 0 saturated heterocycles. The van der Waals surface area contributed by atoms with Gasteiger partial charge < -0.3 is 0 Å². The maximum atomic E-state index is 14.4. The van der Waals surface area contributed by atoms with Gasteiger partial charge in [0.05, 0.1) is 11.6 Å². The molecule has 27 heavy (non-hydrogen) atoms. The third-order valence-electron chi connectivity index (χ3n) is 5.70. The van der Waals surface area contributed by atoms with Crippen LogP contribution in [0.15, 0.2) is 24.3 Å². The zero-order chi connectivity index (χ0) is 19.8. The highest BCUT2D eigenvalue weighted by atomic mass is 35.5. The highest BCUT2D eigenvalue weighted by Crippen LogP contribution is 2.48. The molecule has 1 atom stereocenters. The Hall–Kier alpha value is -1.92. The quantitative estimate of drug-likeness (QED) is 0.566. The fourth-order valence-corrected chi connectivity index (χ4v) is 4.46. The fourth-order valence-electron chi connectivity index (χ4n) is 4.12. The Balaban J connectivity index is 2.12. The van der Waals surface area contributed by atoms with Gasteiger partial charge in [-0.2, -0.15) is 5.26 Å². The Morgan fingerprint density at radius 2 is 1.96 bits per heavy atom. The molecular formula is C23H24ClF2N. The Morgan fingerprint density at radius 3 is 2.59 bits per heavy atom.